The molecule has 1 aromatic heterocycles. The first kappa shape index (κ1) is 15.7. The largest absolute Gasteiger partial charge is 0.477 e. The molecule has 3 aromatic rings. The Bertz CT molecular complexity index is 763. The van der Waals surface area contributed by atoms with Crippen LogP contribution in [-0.2, 0) is 13.1 Å². The normalized spacial score (nSPS) is 10.3. The maximum Gasteiger partial charge on any atom is 0.354 e. The lowest BCUT2D eigenvalue weighted by Gasteiger charge is -2.24. The van der Waals surface area contributed by atoms with Gasteiger partial charge in [-0.15, -0.1) is 0 Å². The van der Waals surface area contributed by atoms with Crippen molar-refractivity contribution in [1.82, 2.24) is 4.98 Å². The molecule has 4 heteroatoms. The van der Waals surface area contributed by atoms with Crippen LogP contribution in [0.2, 0.25) is 0 Å². The van der Waals surface area contributed by atoms with Crippen molar-refractivity contribution in [3.8, 4) is 0 Å². The van der Waals surface area contributed by atoms with Crippen LogP contribution in [0.5, 0.6) is 0 Å². The number of pyridine rings is 1. The first-order valence-electron chi connectivity index (χ1n) is 7.75. The fourth-order valence-electron chi connectivity index (χ4n) is 2.54. The molecule has 3 rings (SSSR count). The summed E-state index contributed by atoms with van der Waals surface area (Å²) in [7, 11) is 0. The van der Waals surface area contributed by atoms with Crippen LogP contribution >= 0.6 is 0 Å². The second kappa shape index (κ2) is 7.42. The molecule has 0 saturated heterocycles. The van der Waals surface area contributed by atoms with E-state index in [0.717, 1.165) is 11.1 Å². The molecule has 1 heterocycles. The predicted molar refractivity (Wildman–Crippen MR) is 94.0 cm³/mol. The van der Waals surface area contributed by atoms with Gasteiger partial charge in [-0.2, -0.15) is 0 Å². The fraction of sp³-hybridized carbons (Fsp3) is 0.100. The molecule has 0 bridgehead atoms. The van der Waals surface area contributed by atoms with E-state index >= 15 is 0 Å². The minimum atomic E-state index is -1.02. The Morgan fingerprint density at radius 1 is 0.792 bits per heavy atom. The number of rotatable bonds is 6. The molecular formula is C20H18N2O2. The Kier molecular flexibility index (Phi) is 4.87. The monoisotopic (exact) mass is 318 g/mol. The van der Waals surface area contributed by atoms with Gasteiger partial charge in [0.25, 0.3) is 0 Å². The van der Waals surface area contributed by atoms with E-state index in [2.05, 4.69) is 34.1 Å². The fourth-order valence-corrected chi connectivity index (χ4v) is 2.54. The van der Waals surface area contributed by atoms with Gasteiger partial charge in [0.1, 0.15) is 5.82 Å². The summed E-state index contributed by atoms with van der Waals surface area (Å²) >= 11 is 0. The van der Waals surface area contributed by atoms with Gasteiger partial charge < -0.3 is 10.0 Å². The van der Waals surface area contributed by atoms with E-state index in [4.69, 9.17) is 0 Å². The summed E-state index contributed by atoms with van der Waals surface area (Å²) in [5, 5.41) is 9.19. The predicted octanol–water partition coefficient (Wildman–Crippen LogP) is 3.99. The van der Waals surface area contributed by atoms with Gasteiger partial charge in [-0.1, -0.05) is 66.7 Å². The highest BCUT2D eigenvalue weighted by Gasteiger charge is 2.12. The van der Waals surface area contributed by atoms with Gasteiger partial charge in [-0.05, 0) is 23.3 Å². The molecular weight excluding hydrogens is 300 g/mol. The minimum absolute atomic E-state index is 0.0543. The topological polar surface area (TPSA) is 53.4 Å². The summed E-state index contributed by atoms with van der Waals surface area (Å²) in [5.41, 5.74) is 2.35. The van der Waals surface area contributed by atoms with E-state index in [0.29, 0.717) is 18.9 Å². The molecule has 0 amide bonds. The minimum Gasteiger partial charge on any atom is -0.477 e. The number of hydrogen-bond donors (Lipinski definition) is 1. The Labute approximate surface area is 141 Å². The van der Waals surface area contributed by atoms with Crippen molar-refractivity contribution < 1.29 is 9.90 Å². The van der Waals surface area contributed by atoms with Crippen molar-refractivity contribution in [2.75, 3.05) is 4.90 Å². The van der Waals surface area contributed by atoms with Gasteiger partial charge in [-0.25, -0.2) is 9.78 Å². The zero-order valence-electron chi connectivity index (χ0n) is 13.2. The Morgan fingerprint density at radius 2 is 1.33 bits per heavy atom. The number of hydrogen-bond acceptors (Lipinski definition) is 3. The average Bonchev–Trinajstić information content (AvgIpc) is 2.63. The third kappa shape index (κ3) is 3.98. The molecule has 0 radical (unpaired) electrons. The molecule has 0 unspecified atom stereocenters. The van der Waals surface area contributed by atoms with E-state index in [1.165, 1.54) is 6.07 Å². The smallest absolute Gasteiger partial charge is 0.354 e. The van der Waals surface area contributed by atoms with Crippen LogP contribution in [0.3, 0.4) is 0 Å². The number of carboxylic acids is 1. The molecule has 0 atom stereocenters. The van der Waals surface area contributed by atoms with Crippen molar-refractivity contribution >= 4 is 11.8 Å². The van der Waals surface area contributed by atoms with E-state index in [1.807, 2.05) is 42.5 Å². The van der Waals surface area contributed by atoms with Gasteiger partial charge in [0.05, 0.1) is 0 Å². The zero-order chi connectivity index (χ0) is 16.8. The van der Waals surface area contributed by atoms with Crippen LogP contribution < -0.4 is 4.90 Å². The van der Waals surface area contributed by atoms with Crippen molar-refractivity contribution in [2.24, 2.45) is 0 Å². The Morgan fingerprint density at radius 3 is 1.83 bits per heavy atom. The van der Waals surface area contributed by atoms with Gasteiger partial charge in [0, 0.05) is 13.1 Å². The van der Waals surface area contributed by atoms with E-state index in [1.54, 1.807) is 6.07 Å². The number of carboxylic acid groups (broad SMARTS) is 1. The van der Waals surface area contributed by atoms with Crippen molar-refractivity contribution in [3.05, 3.63) is 95.7 Å². The van der Waals surface area contributed by atoms with Gasteiger partial charge in [-0.3, -0.25) is 0 Å². The number of carbonyl (C=O) groups is 1. The summed E-state index contributed by atoms with van der Waals surface area (Å²) in [4.78, 5) is 17.6. The number of anilines is 1. The summed E-state index contributed by atoms with van der Waals surface area (Å²) in [6.07, 6.45) is 0. The average molecular weight is 318 g/mol. The van der Waals surface area contributed by atoms with E-state index < -0.39 is 5.97 Å². The molecule has 0 aliphatic carbocycles. The second-order valence-electron chi connectivity index (χ2n) is 5.51. The zero-order valence-corrected chi connectivity index (χ0v) is 13.2. The first-order chi connectivity index (χ1) is 11.7. The Hall–Kier alpha value is -3.14. The summed E-state index contributed by atoms with van der Waals surface area (Å²) in [6.45, 7) is 1.32. The lowest BCUT2D eigenvalue weighted by Crippen LogP contribution is -2.23. The molecule has 0 fully saturated rings. The number of benzene rings is 2. The van der Waals surface area contributed by atoms with Crippen LogP contribution in [0.25, 0.3) is 0 Å². The van der Waals surface area contributed by atoms with Gasteiger partial charge in [0.15, 0.2) is 5.69 Å². The molecule has 4 nitrogen and oxygen atoms in total. The summed E-state index contributed by atoms with van der Waals surface area (Å²) in [6, 6.07) is 25.3. The lowest BCUT2D eigenvalue weighted by atomic mass is 10.1. The standard InChI is InChI=1S/C20H18N2O2/c23-20(24)18-12-7-13-19(21-18)22(14-16-8-3-1-4-9-16)15-17-10-5-2-6-11-17/h1-13H,14-15H2,(H,23,24). The van der Waals surface area contributed by atoms with E-state index in [-0.39, 0.29) is 5.69 Å². The van der Waals surface area contributed by atoms with Crippen LogP contribution in [-0.4, -0.2) is 16.1 Å². The van der Waals surface area contributed by atoms with Crippen LogP contribution in [0.15, 0.2) is 78.9 Å². The maximum atomic E-state index is 11.2. The Balaban J connectivity index is 1.92. The molecule has 0 aliphatic heterocycles. The molecule has 2 aromatic carbocycles. The number of aromatic carboxylic acids is 1. The SMILES string of the molecule is O=C(O)c1cccc(N(Cc2ccccc2)Cc2ccccc2)n1. The van der Waals surface area contributed by atoms with Crippen molar-refractivity contribution in [2.45, 2.75) is 13.1 Å². The molecule has 1 N–H and O–H groups in total. The second-order valence-corrected chi connectivity index (χ2v) is 5.51. The quantitative estimate of drug-likeness (QED) is 0.747. The summed E-state index contributed by atoms with van der Waals surface area (Å²) in [5.74, 6) is -0.362. The maximum absolute atomic E-state index is 11.2. The first-order valence-corrected chi connectivity index (χ1v) is 7.75. The highest BCUT2D eigenvalue weighted by Crippen LogP contribution is 2.18. The molecule has 0 saturated carbocycles. The van der Waals surface area contributed by atoms with Gasteiger partial charge in [0.2, 0.25) is 0 Å². The highest BCUT2D eigenvalue weighted by atomic mass is 16.4. The lowest BCUT2D eigenvalue weighted by molar-refractivity contribution is 0.0690. The van der Waals surface area contributed by atoms with Gasteiger partial charge >= 0.3 is 5.97 Å². The van der Waals surface area contributed by atoms with Crippen LogP contribution in [0.4, 0.5) is 5.82 Å². The molecule has 120 valence electrons. The third-order valence-corrected chi connectivity index (χ3v) is 3.71. The van der Waals surface area contributed by atoms with Crippen LogP contribution in [0.1, 0.15) is 21.6 Å². The van der Waals surface area contributed by atoms with Crippen molar-refractivity contribution in [3.63, 3.8) is 0 Å². The molecule has 24 heavy (non-hydrogen) atoms. The number of aromatic nitrogens is 1. The molecule has 0 aliphatic rings. The van der Waals surface area contributed by atoms with Crippen molar-refractivity contribution in [1.29, 1.82) is 0 Å². The highest BCUT2D eigenvalue weighted by molar-refractivity contribution is 5.85. The molecule has 0 spiro atoms. The third-order valence-electron chi connectivity index (χ3n) is 3.71. The number of nitrogens with zero attached hydrogens (tertiary/aromatic N) is 2. The van der Waals surface area contributed by atoms with E-state index in [9.17, 15) is 9.90 Å². The van der Waals surface area contributed by atoms with Crippen LogP contribution in [0, 0.1) is 0 Å². The summed E-state index contributed by atoms with van der Waals surface area (Å²) < 4.78 is 0.